The summed E-state index contributed by atoms with van der Waals surface area (Å²) in [5.74, 6) is -2.36. The summed E-state index contributed by atoms with van der Waals surface area (Å²) in [5.41, 5.74) is 4.80. The van der Waals surface area contributed by atoms with Crippen molar-refractivity contribution in [3.8, 4) is 0 Å². The van der Waals surface area contributed by atoms with Crippen molar-refractivity contribution in [2.24, 2.45) is 11.7 Å². The van der Waals surface area contributed by atoms with E-state index in [0.717, 1.165) is 6.42 Å². The number of hydrogen-bond donors (Lipinski definition) is 3. The SMILES string of the molecule is CCC(CN)CC(=O)N[C@@H](CC(=O)OC(C)(C)C)C(=O)O. The van der Waals surface area contributed by atoms with Crippen LogP contribution in [0.1, 0.15) is 47.0 Å². The van der Waals surface area contributed by atoms with Crippen molar-refractivity contribution in [1.29, 1.82) is 0 Å². The number of carboxylic acids is 1. The van der Waals surface area contributed by atoms with Gasteiger partial charge in [0.2, 0.25) is 5.91 Å². The Morgan fingerprint density at radius 2 is 1.81 bits per heavy atom. The van der Waals surface area contributed by atoms with E-state index >= 15 is 0 Å². The molecule has 0 aliphatic rings. The lowest BCUT2D eigenvalue weighted by Gasteiger charge is -2.21. The molecule has 0 spiro atoms. The number of carbonyl (C=O) groups is 3. The van der Waals surface area contributed by atoms with E-state index < -0.39 is 35.9 Å². The summed E-state index contributed by atoms with van der Waals surface area (Å²) in [4.78, 5) is 34.5. The minimum absolute atomic E-state index is 0.000900. The van der Waals surface area contributed by atoms with Crippen LogP contribution in [0.4, 0.5) is 0 Å². The zero-order valence-electron chi connectivity index (χ0n) is 13.1. The van der Waals surface area contributed by atoms with Crippen molar-refractivity contribution in [3.63, 3.8) is 0 Å². The van der Waals surface area contributed by atoms with Crippen LogP contribution in [0.5, 0.6) is 0 Å². The van der Waals surface area contributed by atoms with Crippen LogP contribution in [0.2, 0.25) is 0 Å². The molecule has 0 rings (SSSR count). The number of amides is 1. The van der Waals surface area contributed by atoms with Gasteiger partial charge in [-0.2, -0.15) is 0 Å². The van der Waals surface area contributed by atoms with Crippen LogP contribution in [0.3, 0.4) is 0 Å². The molecule has 2 atom stereocenters. The third-order valence-corrected chi connectivity index (χ3v) is 2.81. The Morgan fingerprint density at radius 3 is 2.19 bits per heavy atom. The Hall–Kier alpha value is -1.63. The number of ether oxygens (including phenoxy) is 1. The van der Waals surface area contributed by atoms with E-state index in [0.29, 0.717) is 6.54 Å². The zero-order chi connectivity index (χ0) is 16.6. The summed E-state index contributed by atoms with van der Waals surface area (Å²) in [6, 6.07) is -1.29. The van der Waals surface area contributed by atoms with Crippen molar-refractivity contribution < 1.29 is 24.2 Å². The number of carboxylic acid groups (broad SMARTS) is 1. The zero-order valence-corrected chi connectivity index (χ0v) is 13.1. The number of nitrogens with two attached hydrogens (primary N) is 1. The number of nitrogens with one attached hydrogen (secondary N) is 1. The van der Waals surface area contributed by atoms with Gasteiger partial charge in [-0.15, -0.1) is 0 Å². The monoisotopic (exact) mass is 302 g/mol. The van der Waals surface area contributed by atoms with E-state index in [9.17, 15) is 14.4 Å². The van der Waals surface area contributed by atoms with Gasteiger partial charge in [0.15, 0.2) is 0 Å². The van der Waals surface area contributed by atoms with E-state index in [2.05, 4.69) is 5.32 Å². The second-order valence-corrected chi connectivity index (χ2v) is 5.96. The lowest BCUT2D eigenvalue weighted by molar-refractivity contribution is -0.158. The van der Waals surface area contributed by atoms with Gasteiger partial charge in [-0.05, 0) is 33.2 Å². The van der Waals surface area contributed by atoms with Gasteiger partial charge in [0.05, 0.1) is 6.42 Å². The Bertz CT molecular complexity index is 372. The van der Waals surface area contributed by atoms with Crippen LogP contribution in [0.25, 0.3) is 0 Å². The van der Waals surface area contributed by atoms with Gasteiger partial charge in [0, 0.05) is 6.42 Å². The average molecular weight is 302 g/mol. The summed E-state index contributed by atoms with van der Waals surface area (Å²) in [6.45, 7) is 7.32. The number of hydrogen-bond acceptors (Lipinski definition) is 5. The van der Waals surface area contributed by atoms with Gasteiger partial charge in [0.25, 0.3) is 0 Å². The first-order chi connectivity index (χ1) is 9.58. The van der Waals surface area contributed by atoms with Crippen LogP contribution >= 0.6 is 0 Å². The summed E-state index contributed by atoms with van der Waals surface area (Å²) in [6.07, 6.45) is 0.469. The molecular formula is C14H26N2O5. The minimum atomic E-state index is -1.29. The van der Waals surface area contributed by atoms with Crippen molar-refractivity contribution in [2.45, 2.75) is 58.6 Å². The maximum atomic E-state index is 11.8. The normalized spacial score (nSPS) is 14.1. The van der Waals surface area contributed by atoms with Gasteiger partial charge < -0.3 is 20.9 Å². The minimum Gasteiger partial charge on any atom is -0.480 e. The second kappa shape index (κ2) is 8.61. The quantitative estimate of drug-likeness (QED) is 0.567. The van der Waals surface area contributed by atoms with Gasteiger partial charge >= 0.3 is 11.9 Å². The van der Waals surface area contributed by atoms with Gasteiger partial charge in [-0.25, -0.2) is 4.79 Å². The highest BCUT2D eigenvalue weighted by Crippen LogP contribution is 2.10. The molecule has 0 aromatic heterocycles. The van der Waals surface area contributed by atoms with Crippen molar-refractivity contribution in [2.75, 3.05) is 6.54 Å². The first-order valence-electron chi connectivity index (χ1n) is 7.03. The molecule has 0 radical (unpaired) electrons. The topological polar surface area (TPSA) is 119 Å². The molecule has 0 bridgehead atoms. The highest BCUT2D eigenvalue weighted by atomic mass is 16.6. The molecular weight excluding hydrogens is 276 g/mol. The number of esters is 1. The molecule has 122 valence electrons. The lowest BCUT2D eigenvalue weighted by Crippen LogP contribution is -2.44. The standard InChI is InChI=1S/C14H26N2O5/c1-5-9(8-15)6-11(17)16-10(13(19)20)7-12(18)21-14(2,3)4/h9-10H,5-8,15H2,1-4H3,(H,16,17)(H,19,20)/t9?,10-/m0/s1. The fourth-order valence-electron chi connectivity index (χ4n) is 1.66. The Balaban J connectivity index is 4.53. The van der Waals surface area contributed by atoms with Crippen LogP contribution < -0.4 is 11.1 Å². The Labute approximate surface area is 125 Å². The fraction of sp³-hybridized carbons (Fsp3) is 0.786. The summed E-state index contributed by atoms with van der Waals surface area (Å²) >= 11 is 0. The predicted molar refractivity (Wildman–Crippen MR) is 77.5 cm³/mol. The number of carbonyl (C=O) groups excluding carboxylic acids is 2. The fourth-order valence-corrected chi connectivity index (χ4v) is 1.66. The van der Waals surface area contributed by atoms with Gasteiger partial charge in [0.1, 0.15) is 11.6 Å². The highest BCUT2D eigenvalue weighted by Gasteiger charge is 2.27. The van der Waals surface area contributed by atoms with Crippen LogP contribution in [-0.4, -0.2) is 41.1 Å². The molecule has 0 saturated heterocycles. The maximum absolute atomic E-state index is 11.8. The molecule has 1 amide bonds. The average Bonchev–Trinajstić information content (AvgIpc) is 2.32. The van der Waals surface area contributed by atoms with Crippen LogP contribution in [0, 0.1) is 5.92 Å². The van der Waals surface area contributed by atoms with Crippen LogP contribution in [0.15, 0.2) is 0 Å². The van der Waals surface area contributed by atoms with Crippen molar-refractivity contribution in [3.05, 3.63) is 0 Å². The third-order valence-electron chi connectivity index (χ3n) is 2.81. The third kappa shape index (κ3) is 9.01. The molecule has 0 aromatic carbocycles. The predicted octanol–water partition coefficient (Wildman–Crippen LogP) is 0.663. The van der Waals surface area contributed by atoms with Crippen molar-refractivity contribution >= 4 is 17.8 Å². The molecule has 7 heteroatoms. The molecule has 4 N–H and O–H groups in total. The van der Waals surface area contributed by atoms with E-state index in [4.69, 9.17) is 15.6 Å². The molecule has 0 aliphatic heterocycles. The molecule has 7 nitrogen and oxygen atoms in total. The first-order valence-corrected chi connectivity index (χ1v) is 7.03. The molecule has 0 aromatic rings. The molecule has 21 heavy (non-hydrogen) atoms. The molecule has 1 unspecified atom stereocenters. The lowest BCUT2D eigenvalue weighted by atomic mass is 10.0. The first kappa shape index (κ1) is 19.4. The smallest absolute Gasteiger partial charge is 0.326 e. The van der Waals surface area contributed by atoms with E-state index in [1.807, 2.05) is 6.92 Å². The summed E-state index contributed by atoms with van der Waals surface area (Å²) in [7, 11) is 0. The van der Waals surface area contributed by atoms with E-state index in [1.54, 1.807) is 20.8 Å². The molecule has 0 heterocycles. The number of rotatable bonds is 8. The van der Waals surface area contributed by atoms with E-state index in [1.165, 1.54) is 0 Å². The number of aliphatic carboxylic acids is 1. The molecule has 0 saturated carbocycles. The summed E-state index contributed by atoms with van der Waals surface area (Å²) < 4.78 is 5.05. The maximum Gasteiger partial charge on any atom is 0.326 e. The highest BCUT2D eigenvalue weighted by molar-refractivity contribution is 5.87. The Kier molecular flexibility index (Phi) is 7.94. The van der Waals surface area contributed by atoms with Gasteiger partial charge in [-0.3, -0.25) is 9.59 Å². The summed E-state index contributed by atoms with van der Waals surface area (Å²) in [5, 5.41) is 11.4. The Morgan fingerprint density at radius 1 is 1.24 bits per heavy atom. The van der Waals surface area contributed by atoms with E-state index in [-0.39, 0.29) is 12.3 Å². The largest absolute Gasteiger partial charge is 0.480 e. The molecule has 0 aliphatic carbocycles. The van der Waals surface area contributed by atoms with Crippen LogP contribution in [-0.2, 0) is 19.1 Å². The van der Waals surface area contributed by atoms with Gasteiger partial charge in [-0.1, -0.05) is 13.3 Å². The second-order valence-electron chi connectivity index (χ2n) is 5.96. The van der Waals surface area contributed by atoms with Crippen molar-refractivity contribution in [1.82, 2.24) is 5.32 Å². The molecule has 0 fully saturated rings.